The topological polar surface area (TPSA) is 36.0 Å². The fourth-order valence-corrected chi connectivity index (χ4v) is 4.93. The molecule has 2 aromatic carbocycles. The van der Waals surface area contributed by atoms with Gasteiger partial charge in [-0.05, 0) is 68.9 Å². The molecule has 1 heterocycles. The highest BCUT2D eigenvalue weighted by atomic mass is 32.2. The van der Waals surface area contributed by atoms with Crippen LogP contribution in [0.2, 0.25) is 0 Å². The average Bonchev–Trinajstić information content (AvgIpc) is 2.85. The lowest BCUT2D eigenvalue weighted by atomic mass is 10.0. The molecular weight excluding hydrogens is 430 g/mol. The first kappa shape index (κ1) is 25.2. The lowest BCUT2D eigenvalue weighted by Gasteiger charge is -2.37. The molecule has 0 aliphatic carbocycles. The number of unbranched alkanes of at least 4 members (excludes halogenated alkanes) is 1. The molecule has 1 aliphatic heterocycles. The zero-order valence-electron chi connectivity index (χ0n) is 19.6. The number of carbonyl (C=O) groups is 1. The number of ether oxygens (including phenoxy) is 1. The van der Waals surface area contributed by atoms with Gasteiger partial charge in [-0.3, -0.25) is 4.90 Å². The molecule has 0 radical (unpaired) electrons. The second kappa shape index (κ2) is 13.9. The first-order valence-corrected chi connectivity index (χ1v) is 12.5. The summed E-state index contributed by atoms with van der Waals surface area (Å²) >= 11 is 1.80. The maximum absolute atomic E-state index is 12.7. The van der Waals surface area contributed by atoms with E-state index in [4.69, 9.17) is 11.2 Å². The standard InChI is InChI=1S/C27H35N3O2S/c1-3-18-30(27(31)32-23-24-12-6-4-7-13-24)25-16-21-29(22-17-25)20-11-10-19-28(2)33-26-14-8-5-9-15-26/h1,4-9,12-15,25H,10-11,16-23H2,2H3. The van der Waals surface area contributed by atoms with Crippen molar-refractivity contribution in [3.8, 4) is 12.3 Å². The van der Waals surface area contributed by atoms with Gasteiger partial charge >= 0.3 is 6.09 Å². The maximum atomic E-state index is 12.7. The zero-order chi connectivity index (χ0) is 23.3. The molecule has 6 heteroatoms. The monoisotopic (exact) mass is 465 g/mol. The highest BCUT2D eigenvalue weighted by Gasteiger charge is 2.28. The number of amides is 1. The Morgan fingerprint density at radius 2 is 1.76 bits per heavy atom. The molecule has 3 rings (SSSR count). The van der Waals surface area contributed by atoms with Crippen LogP contribution in [0.4, 0.5) is 4.79 Å². The molecule has 0 N–H and O–H groups in total. The van der Waals surface area contributed by atoms with Crippen LogP contribution in [0.1, 0.15) is 31.2 Å². The Balaban J connectivity index is 1.34. The minimum atomic E-state index is -0.311. The predicted molar refractivity (Wildman–Crippen MR) is 136 cm³/mol. The number of benzene rings is 2. The number of hydrogen-bond donors (Lipinski definition) is 0. The van der Waals surface area contributed by atoms with Crippen molar-refractivity contribution < 1.29 is 9.53 Å². The van der Waals surface area contributed by atoms with Gasteiger partial charge in [0.25, 0.3) is 0 Å². The van der Waals surface area contributed by atoms with Gasteiger partial charge < -0.3 is 9.64 Å². The Hall–Kier alpha value is -2.46. The lowest BCUT2D eigenvalue weighted by Crippen LogP contribution is -2.47. The van der Waals surface area contributed by atoms with E-state index in [9.17, 15) is 4.79 Å². The first-order valence-electron chi connectivity index (χ1n) is 11.7. The fourth-order valence-electron chi connectivity index (χ4n) is 4.07. The van der Waals surface area contributed by atoms with E-state index < -0.39 is 0 Å². The summed E-state index contributed by atoms with van der Waals surface area (Å²) in [5, 5.41) is 0. The number of hydrogen-bond acceptors (Lipinski definition) is 5. The number of likely N-dealkylation sites (tertiary alicyclic amines) is 1. The molecule has 0 aromatic heterocycles. The molecule has 1 saturated heterocycles. The molecule has 0 atom stereocenters. The Morgan fingerprint density at radius 1 is 1.09 bits per heavy atom. The molecule has 0 spiro atoms. The quantitative estimate of drug-likeness (QED) is 0.261. The Bertz CT molecular complexity index is 864. The van der Waals surface area contributed by atoms with E-state index in [0.29, 0.717) is 6.54 Å². The van der Waals surface area contributed by atoms with Gasteiger partial charge in [-0.1, -0.05) is 54.5 Å². The van der Waals surface area contributed by atoms with Crippen LogP contribution < -0.4 is 0 Å². The van der Waals surface area contributed by atoms with Crippen LogP contribution in [0.25, 0.3) is 0 Å². The molecule has 2 aromatic rings. The molecule has 1 fully saturated rings. The summed E-state index contributed by atoms with van der Waals surface area (Å²) in [6.07, 6.45) is 9.46. The van der Waals surface area contributed by atoms with Crippen molar-refractivity contribution in [2.24, 2.45) is 0 Å². The normalized spacial score (nSPS) is 14.7. The van der Waals surface area contributed by atoms with Gasteiger partial charge in [0.05, 0.1) is 6.54 Å². The van der Waals surface area contributed by atoms with Gasteiger partial charge in [0.15, 0.2) is 0 Å². The highest BCUT2D eigenvalue weighted by Crippen LogP contribution is 2.21. The molecule has 1 aliphatic rings. The van der Waals surface area contributed by atoms with Gasteiger partial charge in [0.2, 0.25) is 0 Å². The molecule has 0 bridgehead atoms. The maximum Gasteiger partial charge on any atom is 0.411 e. The fraction of sp³-hybridized carbons (Fsp3) is 0.444. The summed E-state index contributed by atoms with van der Waals surface area (Å²) in [6, 6.07) is 20.4. The van der Waals surface area contributed by atoms with Gasteiger partial charge in [-0.2, -0.15) is 0 Å². The van der Waals surface area contributed by atoms with Crippen molar-refractivity contribution in [3.05, 3.63) is 66.2 Å². The first-order chi connectivity index (χ1) is 16.2. The molecule has 1 amide bonds. The molecule has 176 valence electrons. The highest BCUT2D eigenvalue weighted by molar-refractivity contribution is 7.97. The van der Waals surface area contributed by atoms with Crippen molar-refractivity contribution >= 4 is 18.0 Å². The molecule has 0 unspecified atom stereocenters. The van der Waals surface area contributed by atoms with E-state index in [0.717, 1.165) is 44.6 Å². The number of carbonyl (C=O) groups excluding carboxylic acids is 1. The average molecular weight is 466 g/mol. The number of piperidine rings is 1. The number of nitrogens with zero attached hydrogens (tertiary/aromatic N) is 3. The van der Waals surface area contributed by atoms with Crippen LogP contribution in [-0.4, -0.2) is 66.0 Å². The molecular formula is C27H35N3O2S. The van der Waals surface area contributed by atoms with Crippen LogP contribution in [0, 0.1) is 12.3 Å². The van der Waals surface area contributed by atoms with Crippen molar-refractivity contribution in [3.63, 3.8) is 0 Å². The zero-order valence-corrected chi connectivity index (χ0v) is 20.4. The van der Waals surface area contributed by atoms with Gasteiger partial charge in [0, 0.05) is 30.6 Å². The molecule has 0 saturated carbocycles. The minimum absolute atomic E-state index is 0.147. The largest absolute Gasteiger partial charge is 0.445 e. The summed E-state index contributed by atoms with van der Waals surface area (Å²) in [4.78, 5) is 18.2. The Kier molecular flexibility index (Phi) is 10.6. The summed E-state index contributed by atoms with van der Waals surface area (Å²) in [7, 11) is 2.15. The van der Waals surface area contributed by atoms with Gasteiger partial charge in [-0.15, -0.1) is 6.42 Å². The molecule has 5 nitrogen and oxygen atoms in total. The predicted octanol–water partition coefficient (Wildman–Crippen LogP) is 5.14. The Morgan fingerprint density at radius 3 is 2.42 bits per heavy atom. The van der Waals surface area contributed by atoms with Crippen molar-refractivity contribution in [2.75, 3.05) is 39.8 Å². The summed E-state index contributed by atoms with van der Waals surface area (Å²) in [6.45, 7) is 4.72. The lowest BCUT2D eigenvalue weighted by molar-refractivity contribution is 0.0666. The van der Waals surface area contributed by atoms with Crippen molar-refractivity contribution in [1.29, 1.82) is 0 Å². The van der Waals surface area contributed by atoms with E-state index >= 15 is 0 Å². The minimum Gasteiger partial charge on any atom is -0.445 e. The number of rotatable bonds is 11. The second-order valence-electron chi connectivity index (χ2n) is 8.41. The summed E-state index contributed by atoms with van der Waals surface area (Å²) in [5.41, 5.74) is 0.981. The van der Waals surface area contributed by atoms with Crippen LogP contribution in [-0.2, 0) is 11.3 Å². The van der Waals surface area contributed by atoms with Crippen LogP contribution in [0.3, 0.4) is 0 Å². The van der Waals surface area contributed by atoms with Crippen molar-refractivity contribution in [2.45, 2.75) is 43.2 Å². The van der Waals surface area contributed by atoms with Crippen LogP contribution in [0.5, 0.6) is 0 Å². The van der Waals surface area contributed by atoms with E-state index in [1.807, 2.05) is 36.4 Å². The SMILES string of the molecule is C#CCN(C(=O)OCc1ccccc1)C1CCN(CCCCN(C)Sc2ccccc2)CC1. The van der Waals surface area contributed by atoms with Gasteiger partial charge in [0.1, 0.15) is 6.61 Å². The smallest absolute Gasteiger partial charge is 0.411 e. The van der Waals surface area contributed by atoms with Crippen molar-refractivity contribution in [1.82, 2.24) is 14.1 Å². The number of terminal acetylenes is 1. The third-order valence-corrected chi connectivity index (χ3v) is 6.88. The third-order valence-electron chi connectivity index (χ3n) is 5.90. The summed E-state index contributed by atoms with van der Waals surface area (Å²) < 4.78 is 7.84. The van der Waals surface area contributed by atoms with E-state index in [1.165, 1.54) is 17.7 Å². The van der Waals surface area contributed by atoms with Gasteiger partial charge in [-0.25, -0.2) is 9.10 Å². The second-order valence-corrected chi connectivity index (χ2v) is 9.69. The van der Waals surface area contributed by atoms with Crippen LogP contribution >= 0.6 is 11.9 Å². The third kappa shape index (κ3) is 8.77. The van der Waals surface area contributed by atoms with E-state index in [2.05, 4.69) is 46.4 Å². The molecule has 33 heavy (non-hydrogen) atoms. The van der Waals surface area contributed by atoms with E-state index in [-0.39, 0.29) is 18.7 Å². The van der Waals surface area contributed by atoms with E-state index in [1.54, 1.807) is 16.8 Å². The Labute approximate surface area is 203 Å². The summed E-state index contributed by atoms with van der Waals surface area (Å²) in [5.74, 6) is 2.63. The van der Waals surface area contributed by atoms with Crippen LogP contribution in [0.15, 0.2) is 65.6 Å².